The van der Waals surface area contributed by atoms with Crippen LogP contribution in [0.4, 0.5) is 5.69 Å². The molecule has 0 saturated carbocycles. The molecule has 0 aliphatic heterocycles. The Morgan fingerprint density at radius 3 is 2.11 bits per heavy atom. The van der Waals surface area contributed by atoms with E-state index in [0.29, 0.717) is 17.8 Å². The van der Waals surface area contributed by atoms with Gasteiger partial charge in [-0.25, -0.2) is 4.98 Å². The second-order valence-corrected chi connectivity index (χ2v) is 9.10. The highest BCUT2D eigenvalue weighted by Gasteiger charge is 2.15. The molecule has 6 nitrogen and oxygen atoms in total. The van der Waals surface area contributed by atoms with Gasteiger partial charge in [0.05, 0.1) is 5.75 Å². The largest absolute Gasteiger partial charge is 0.352 e. The van der Waals surface area contributed by atoms with Crippen molar-refractivity contribution in [3.8, 4) is 0 Å². The third-order valence-electron chi connectivity index (χ3n) is 5.66. The van der Waals surface area contributed by atoms with E-state index in [1.165, 1.54) is 22.9 Å². The molecule has 0 spiro atoms. The zero-order chi connectivity index (χ0) is 24.5. The van der Waals surface area contributed by atoms with Crippen molar-refractivity contribution in [3.05, 3.63) is 114 Å². The molecule has 0 aliphatic rings. The highest BCUT2D eigenvalue weighted by molar-refractivity contribution is 7.99. The summed E-state index contributed by atoms with van der Waals surface area (Å²) in [5.41, 5.74) is 3.67. The monoisotopic (exact) mass is 484 g/mol. The van der Waals surface area contributed by atoms with Crippen molar-refractivity contribution in [3.63, 3.8) is 0 Å². The maximum atomic E-state index is 12.7. The van der Waals surface area contributed by atoms with Gasteiger partial charge < -0.3 is 15.2 Å². The molecule has 0 unspecified atom stereocenters. The zero-order valence-electron chi connectivity index (χ0n) is 19.6. The number of nitrogens with zero attached hydrogens (tertiary/aromatic N) is 2. The van der Waals surface area contributed by atoms with E-state index in [1.54, 1.807) is 30.5 Å². The number of anilines is 1. The van der Waals surface area contributed by atoms with E-state index in [2.05, 4.69) is 39.9 Å². The van der Waals surface area contributed by atoms with Crippen molar-refractivity contribution < 1.29 is 9.59 Å². The average Bonchev–Trinajstić information content (AvgIpc) is 3.31. The number of aromatic nitrogens is 2. The third-order valence-corrected chi connectivity index (χ3v) is 6.72. The number of nitrogens with one attached hydrogen (secondary N) is 2. The smallest absolute Gasteiger partial charge is 0.251 e. The number of benzene rings is 3. The van der Waals surface area contributed by atoms with Gasteiger partial charge in [-0.1, -0.05) is 72.4 Å². The zero-order valence-corrected chi connectivity index (χ0v) is 20.4. The first-order valence-corrected chi connectivity index (χ1v) is 12.5. The number of carbonyl (C=O) groups is 2. The lowest BCUT2D eigenvalue weighted by molar-refractivity contribution is -0.113. The molecule has 7 heteroatoms. The molecule has 0 saturated heterocycles. The van der Waals surface area contributed by atoms with Crippen LogP contribution in [0.3, 0.4) is 0 Å². The van der Waals surface area contributed by atoms with Gasteiger partial charge in [0.15, 0.2) is 5.16 Å². The van der Waals surface area contributed by atoms with Crippen molar-refractivity contribution >= 4 is 29.3 Å². The van der Waals surface area contributed by atoms with E-state index in [0.717, 1.165) is 11.6 Å². The molecule has 1 aromatic heterocycles. The number of amides is 2. The molecule has 2 N–H and O–H groups in total. The van der Waals surface area contributed by atoms with Crippen LogP contribution < -0.4 is 10.6 Å². The summed E-state index contributed by atoms with van der Waals surface area (Å²) in [4.78, 5) is 29.1. The topological polar surface area (TPSA) is 76.0 Å². The number of hydrogen-bond acceptors (Lipinski definition) is 4. The van der Waals surface area contributed by atoms with Crippen molar-refractivity contribution in [1.29, 1.82) is 0 Å². The first-order valence-electron chi connectivity index (χ1n) is 11.5. The van der Waals surface area contributed by atoms with Crippen molar-refractivity contribution in [2.45, 2.75) is 17.5 Å². The van der Waals surface area contributed by atoms with Crippen molar-refractivity contribution in [2.24, 2.45) is 7.05 Å². The summed E-state index contributed by atoms with van der Waals surface area (Å²) in [5.74, 6) is 0.215. The molecule has 0 atom stereocenters. The van der Waals surface area contributed by atoms with E-state index in [4.69, 9.17) is 0 Å². The van der Waals surface area contributed by atoms with Crippen LogP contribution in [0.1, 0.15) is 33.8 Å². The maximum absolute atomic E-state index is 12.7. The lowest BCUT2D eigenvalue weighted by Crippen LogP contribution is -2.26. The van der Waals surface area contributed by atoms with Crippen LogP contribution in [-0.4, -0.2) is 33.7 Å². The van der Waals surface area contributed by atoms with E-state index in [-0.39, 0.29) is 23.5 Å². The Kier molecular flexibility index (Phi) is 8.35. The SMILES string of the molecule is Cn1ccnc1SCC(=O)Nc1ccc(C(=O)NCCC(c2ccccc2)c2ccccc2)cc1. The highest BCUT2D eigenvalue weighted by atomic mass is 32.2. The molecule has 4 rings (SSSR count). The summed E-state index contributed by atoms with van der Waals surface area (Å²) in [6.07, 6.45) is 4.34. The van der Waals surface area contributed by atoms with Gasteiger partial charge in [-0.3, -0.25) is 9.59 Å². The lowest BCUT2D eigenvalue weighted by atomic mass is 9.88. The summed E-state index contributed by atoms with van der Waals surface area (Å²) >= 11 is 1.37. The minimum absolute atomic E-state index is 0.122. The number of rotatable bonds is 10. The maximum Gasteiger partial charge on any atom is 0.251 e. The van der Waals surface area contributed by atoms with Crippen LogP contribution >= 0.6 is 11.8 Å². The Bertz CT molecular complexity index is 1200. The first kappa shape index (κ1) is 24.3. The quantitative estimate of drug-likeness (QED) is 0.307. The third kappa shape index (κ3) is 6.83. The molecule has 3 aromatic carbocycles. The highest BCUT2D eigenvalue weighted by Crippen LogP contribution is 2.27. The number of hydrogen-bond donors (Lipinski definition) is 2. The number of carbonyl (C=O) groups excluding carboxylic acids is 2. The van der Waals surface area contributed by atoms with E-state index in [9.17, 15) is 9.59 Å². The standard InChI is InChI=1S/C28H28N4O2S/c1-32-19-18-30-28(32)35-20-26(33)31-24-14-12-23(13-15-24)27(34)29-17-16-25(21-8-4-2-5-9-21)22-10-6-3-7-11-22/h2-15,18-19,25H,16-17,20H2,1H3,(H,29,34)(H,31,33). The van der Waals surface area contributed by atoms with Gasteiger partial charge in [-0.05, 0) is 41.8 Å². The fourth-order valence-electron chi connectivity index (χ4n) is 3.85. The molecule has 0 fully saturated rings. The molecule has 1 heterocycles. The van der Waals surface area contributed by atoms with Gasteiger partial charge >= 0.3 is 0 Å². The lowest BCUT2D eigenvalue weighted by Gasteiger charge is -2.18. The van der Waals surface area contributed by atoms with E-state index < -0.39 is 0 Å². The summed E-state index contributed by atoms with van der Waals surface area (Å²) in [6, 6.07) is 27.6. The van der Waals surface area contributed by atoms with Crippen LogP contribution in [0, 0.1) is 0 Å². The van der Waals surface area contributed by atoms with Crippen LogP contribution in [0.15, 0.2) is 102 Å². The predicted molar refractivity (Wildman–Crippen MR) is 141 cm³/mol. The van der Waals surface area contributed by atoms with Gasteiger partial charge in [-0.15, -0.1) is 0 Å². The Morgan fingerprint density at radius 2 is 1.54 bits per heavy atom. The molecular formula is C28H28N4O2S. The average molecular weight is 485 g/mol. The van der Waals surface area contributed by atoms with Crippen LogP contribution in [0.25, 0.3) is 0 Å². The molecule has 178 valence electrons. The summed E-state index contributed by atoms with van der Waals surface area (Å²) in [7, 11) is 1.89. The first-order chi connectivity index (χ1) is 17.1. The van der Waals surface area contributed by atoms with Crippen molar-refractivity contribution in [1.82, 2.24) is 14.9 Å². The fourth-order valence-corrected chi connectivity index (χ4v) is 4.58. The minimum atomic E-state index is -0.131. The molecule has 0 bridgehead atoms. The molecular weight excluding hydrogens is 456 g/mol. The Morgan fingerprint density at radius 1 is 0.914 bits per heavy atom. The second-order valence-electron chi connectivity index (χ2n) is 8.15. The van der Waals surface area contributed by atoms with E-state index in [1.807, 2.05) is 54.2 Å². The normalized spacial score (nSPS) is 10.8. The van der Waals surface area contributed by atoms with Gasteiger partial charge in [0, 0.05) is 43.2 Å². The Labute approximate surface area is 209 Å². The Balaban J connectivity index is 1.28. The summed E-state index contributed by atoms with van der Waals surface area (Å²) in [5, 5.41) is 6.67. The molecule has 0 radical (unpaired) electrons. The van der Waals surface area contributed by atoms with Gasteiger partial charge in [0.1, 0.15) is 0 Å². The molecule has 4 aromatic rings. The van der Waals surface area contributed by atoms with Gasteiger partial charge in [-0.2, -0.15) is 0 Å². The fraction of sp³-hybridized carbons (Fsp3) is 0.179. The Hall–Kier alpha value is -3.84. The van der Waals surface area contributed by atoms with Gasteiger partial charge in [0.25, 0.3) is 5.91 Å². The van der Waals surface area contributed by atoms with E-state index >= 15 is 0 Å². The van der Waals surface area contributed by atoms with Crippen LogP contribution in [0.2, 0.25) is 0 Å². The summed E-state index contributed by atoms with van der Waals surface area (Å²) in [6.45, 7) is 0.552. The molecule has 2 amide bonds. The van der Waals surface area contributed by atoms with Crippen LogP contribution in [0.5, 0.6) is 0 Å². The predicted octanol–water partition coefficient (Wildman–Crippen LogP) is 5.10. The molecule has 0 aliphatic carbocycles. The summed E-state index contributed by atoms with van der Waals surface area (Å²) < 4.78 is 1.87. The molecule has 35 heavy (non-hydrogen) atoms. The second kappa shape index (κ2) is 12.0. The number of imidazole rings is 1. The van der Waals surface area contributed by atoms with Crippen LogP contribution in [-0.2, 0) is 11.8 Å². The number of aryl methyl sites for hydroxylation is 1. The minimum Gasteiger partial charge on any atom is -0.352 e. The van der Waals surface area contributed by atoms with Crippen molar-refractivity contribution in [2.75, 3.05) is 17.6 Å². The van der Waals surface area contributed by atoms with Gasteiger partial charge in [0.2, 0.25) is 5.91 Å². The number of thioether (sulfide) groups is 1.